The van der Waals surface area contributed by atoms with Crippen LogP contribution in [0.4, 0.5) is 5.69 Å². The van der Waals surface area contributed by atoms with E-state index in [1.54, 1.807) is 0 Å². The fraction of sp³-hybridized carbons (Fsp3) is 0.235. The molecular formula is C17H18ClNOS. The molecule has 0 aliphatic heterocycles. The predicted octanol–water partition coefficient (Wildman–Crippen LogP) is 5.02. The topological polar surface area (TPSA) is 29.1 Å². The zero-order valence-corrected chi connectivity index (χ0v) is 13.7. The molecule has 0 saturated heterocycles. The zero-order valence-electron chi connectivity index (χ0n) is 12.1. The summed E-state index contributed by atoms with van der Waals surface area (Å²) in [7, 11) is 0. The number of carbonyl (C=O) groups excluding carboxylic acids is 1. The number of carbonyl (C=O) groups is 1. The van der Waals surface area contributed by atoms with Crippen molar-refractivity contribution in [1.82, 2.24) is 0 Å². The monoisotopic (exact) mass is 319 g/mol. The van der Waals surface area contributed by atoms with E-state index >= 15 is 0 Å². The molecule has 0 heterocycles. The van der Waals surface area contributed by atoms with Crippen molar-refractivity contribution in [3.63, 3.8) is 0 Å². The van der Waals surface area contributed by atoms with Crippen molar-refractivity contribution in [3.05, 3.63) is 59.1 Å². The first-order chi connectivity index (χ1) is 10.1. The Morgan fingerprint density at radius 3 is 2.48 bits per heavy atom. The first kappa shape index (κ1) is 15.9. The first-order valence-corrected chi connectivity index (χ1v) is 8.17. The molecule has 2 nitrogen and oxygen atoms in total. The van der Waals surface area contributed by atoms with Crippen LogP contribution in [0.15, 0.2) is 53.4 Å². The van der Waals surface area contributed by atoms with Crippen LogP contribution in [-0.4, -0.2) is 11.2 Å². The Kier molecular flexibility index (Phi) is 5.71. The molecule has 0 spiro atoms. The van der Waals surface area contributed by atoms with Gasteiger partial charge in [-0.2, -0.15) is 0 Å². The van der Waals surface area contributed by atoms with Gasteiger partial charge in [0.2, 0.25) is 5.91 Å². The van der Waals surface area contributed by atoms with Crippen molar-refractivity contribution >= 4 is 35.0 Å². The van der Waals surface area contributed by atoms with Crippen LogP contribution in [0.3, 0.4) is 0 Å². The van der Waals surface area contributed by atoms with Crippen molar-refractivity contribution in [1.29, 1.82) is 0 Å². The van der Waals surface area contributed by atoms with Gasteiger partial charge in [0.25, 0.3) is 0 Å². The smallest absolute Gasteiger partial charge is 0.237 e. The van der Waals surface area contributed by atoms with Gasteiger partial charge in [0.05, 0.1) is 10.3 Å². The van der Waals surface area contributed by atoms with Gasteiger partial charge >= 0.3 is 0 Å². The molecule has 0 fully saturated rings. The summed E-state index contributed by atoms with van der Waals surface area (Å²) in [6, 6.07) is 15.5. The lowest BCUT2D eigenvalue weighted by Crippen LogP contribution is -2.22. The maximum atomic E-state index is 12.2. The number of amides is 1. The van der Waals surface area contributed by atoms with Crippen molar-refractivity contribution in [3.8, 4) is 0 Å². The van der Waals surface area contributed by atoms with E-state index in [9.17, 15) is 4.79 Å². The molecule has 0 bridgehead atoms. The van der Waals surface area contributed by atoms with E-state index in [0.29, 0.717) is 5.02 Å². The summed E-state index contributed by atoms with van der Waals surface area (Å²) >= 11 is 7.58. The van der Waals surface area contributed by atoms with E-state index in [1.165, 1.54) is 17.3 Å². The Hall–Kier alpha value is -1.45. The van der Waals surface area contributed by atoms with Gasteiger partial charge in [-0.3, -0.25) is 4.79 Å². The Morgan fingerprint density at radius 1 is 1.19 bits per heavy atom. The predicted molar refractivity (Wildman–Crippen MR) is 91.2 cm³/mol. The highest BCUT2D eigenvalue weighted by molar-refractivity contribution is 8.00. The molecule has 4 heteroatoms. The summed E-state index contributed by atoms with van der Waals surface area (Å²) in [5.41, 5.74) is 2.08. The number of benzene rings is 2. The molecule has 0 radical (unpaired) electrons. The van der Waals surface area contributed by atoms with Crippen molar-refractivity contribution in [2.24, 2.45) is 0 Å². The number of hydrogen-bond donors (Lipinski definition) is 1. The molecule has 0 aliphatic carbocycles. The maximum absolute atomic E-state index is 12.2. The van der Waals surface area contributed by atoms with Gasteiger partial charge in [0.1, 0.15) is 0 Å². The van der Waals surface area contributed by atoms with Crippen LogP contribution in [0.1, 0.15) is 19.4 Å². The van der Waals surface area contributed by atoms with E-state index in [-0.39, 0.29) is 11.2 Å². The molecule has 1 atom stereocenters. The third kappa shape index (κ3) is 4.51. The molecular weight excluding hydrogens is 302 g/mol. The van der Waals surface area contributed by atoms with Gasteiger partial charge in [-0.05, 0) is 43.2 Å². The molecule has 2 rings (SSSR count). The van der Waals surface area contributed by atoms with Crippen molar-refractivity contribution < 1.29 is 4.79 Å². The minimum Gasteiger partial charge on any atom is -0.325 e. The molecule has 0 unspecified atom stereocenters. The van der Waals surface area contributed by atoms with Crippen LogP contribution < -0.4 is 5.32 Å². The van der Waals surface area contributed by atoms with Gasteiger partial charge in [-0.15, -0.1) is 11.8 Å². The molecule has 0 saturated carbocycles. The van der Waals surface area contributed by atoms with Crippen LogP contribution in [-0.2, 0) is 11.2 Å². The summed E-state index contributed by atoms with van der Waals surface area (Å²) in [6.45, 7) is 3.99. The second-order valence-corrected chi connectivity index (χ2v) is 6.52. The lowest BCUT2D eigenvalue weighted by atomic mass is 10.1. The van der Waals surface area contributed by atoms with E-state index in [0.717, 1.165) is 17.0 Å². The van der Waals surface area contributed by atoms with Gasteiger partial charge < -0.3 is 5.32 Å². The summed E-state index contributed by atoms with van der Waals surface area (Å²) in [5.74, 6) is -0.0239. The highest BCUT2D eigenvalue weighted by atomic mass is 35.5. The normalized spacial score (nSPS) is 12.0. The Bertz CT molecular complexity index is 612. The third-order valence-corrected chi connectivity index (χ3v) is 4.76. The number of hydrogen-bond acceptors (Lipinski definition) is 2. The van der Waals surface area contributed by atoms with Crippen LogP contribution in [0, 0.1) is 0 Å². The molecule has 0 aliphatic rings. The minimum atomic E-state index is -0.212. The number of anilines is 1. The largest absolute Gasteiger partial charge is 0.325 e. The molecule has 110 valence electrons. The fourth-order valence-electron chi connectivity index (χ4n) is 1.85. The quantitative estimate of drug-likeness (QED) is 0.784. The fourth-order valence-corrected chi connectivity index (χ4v) is 3.01. The zero-order chi connectivity index (χ0) is 15.2. The molecule has 0 aromatic heterocycles. The van der Waals surface area contributed by atoms with E-state index in [2.05, 4.69) is 12.2 Å². The SMILES string of the molecule is CCc1ccc(NC(=O)[C@@H](C)Sc2ccccc2Cl)cc1. The second kappa shape index (κ2) is 7.53. The van der Waals surface area contributed by atoms with E-state index < -0.39 is 0 Å². The lowest BCUT2D eigenvalue weighted by Gasteiger charge is -2.13. The third-order valence-electron chi connectivity index (χ3n) is 3.14. The van der Waals surface area contributed by atoms with Crippen molar-refractivity contribution in [2.45, 2.75) is 30.4 Å². The maximum Gasteiger partial charge on any atom is 0.237 e. The van der Waals surface area contributed by atoms with Crippen LogP contribution >= 0.6 is 23.4 Å². The highest BCUT2D eigenvalue weighted by Crippen LogP contribution is 2.30. The standard InChI is InChI=1S/C17H18ClNOS/c1-3-13-8-10-14(11-9-13)19-17(20)12(2)21-16-7-5-4-6-15(16)18/h4-12H,3H2,1-2H3,(H,19,20)/t12-/m1/s1. The molecule has 2 aromatic rings. The van der Waals surface area contributed by atoms with Gasteiger partial charge in [-0.25, -0.2) is 0 Å². The second-order valence-electron chi connectivity index (χ2n) is 4.73. The van der Waals surface area contributed by atoms with Gasteiger partial charge in [0.15, 0.2) is 0 Å². The highest BCUT2D eigenvalue weighted by Gasteiger charge is 2.15. The first-order valence-electron chi connectivity index (χ1n) is 6.91. The molecule has 1 amide bonds. The van der Waals surface area contributed by atoms with Crippen LogP contribution in [0.5, 0.6) is 0 Å². The molecule has 1 N–H and O–H groups in total. The number of rotatable bonds is 5. The Labute approximate surface area is 134 Å². The molecule has 2 aromatic carbocycles. The average molecular weight is 320 g/mol. The van der Waals surface area contributed by atoms with Crippen LogP contribution in [0.25, 0.3) is 0 Å². The average Bonchev–Trinajstić information content (AvgIpc) is 2.50. The lowest BCUT2D eigenvalue weighted by molar-refractivity contribution is -0.115. The number of aryl methyl sites for hydroxylation is 1. The number of nitrogens with one attached hydrogen (secondary N) is 1. The number of thioether (sulfide) groups is 1. The summed E-state index contributed by atoms with van der Waals surface area (Å²) in [5, 5.41) is 3.39. The van der Waals surface area contributed by atoms with Gasteiger partial charge in [0, 0.05) is 10.6 Å². The summed E-state index contributed by atoms with van der Waals surface area (Å²) < 4.78 is 0. The Balaban J connectivity index is 1.97. The minimum absolute atomic E-state index is 0.0239. The van der Waals surface area contributed by atoms with Gasteiger partial charge in [-0.1, -0.05) is 42.8 Å². The summed E-state index contributed by atoms with van der Waals surface area (Å²) in [6.07, 6.45) is 0.993. The Morgan fingerprint density at radius 2 is 1.86 bits per heavy atom. The molecule has 21 heavy (non-hydrogen) atoms. The number of halogens is 1. The summed E-state index contributed by atoms with van der Waals surface area (Å²) in [4.78, 5) is 13.1. The van der Waals surface area contributed by atoms with E-state index in [4.69, 9.17) is 11.6 Å². The van der Waals surface area contributed by atoms with Crippen LogP contribution in [0.2, 0.25) is 5.02 Å². The van der Waals surface area contributed by atoms with E-state index in [1.807, 2.05) is 55.5 Å². The van der Waals surface area contributed by atoms with Crippen molar-refractivity contribution in [2.75, 3.05) is 5.32 Å².